The minimum Gasteiger partial charge on any atom is -0.487 e. The van der Waals surface area contributed by atoms with Crippen molar-refractivity contribution in [2.24, 2.45) is 0 Å². The Hall–Kier alpha value is -3.48. The van der Waals surface area contributed by atoms with E-state index in [1.807, 2.05) is 30.3 Å². The molecule has 1 saturated heterocycles. The monoisotopic (exact) mass is 594 g/mol. The summed E-state index contributed by atoms with van der Waals surface area (Å²) >= 11 is 0. The fourth-order valence-electron chi connectivity index (χ4n) is 6.35. The lowest BCUT2D eigenvalue weighted by atomic mass is 9.82. The molecule has 224 valence electrons. The second-order valence-corrected chi connectivity index (χ2v) is 15.4. The topological polar surface area (TPSA) is 59.5 Å². The van der Waals surface area contributed by atoms with E-state index in [4.69, 9.17) is 4.74 Å². The van der Waals surface area contributed by atoms with Gasteiger partial charge in [0.15, 0.2) is 9.84 Å². The van der Waals surface area contributed by atoms with Gasteiger partial charge in [0.2, 0.25) is 0 Å². The molecule has 0 bridgehead atoms. The maximum absolute atomic E-state index is 12.7. The zero-order valence-electron chi connectivity index (χ0n) is 25.6. The summed E-state index contributed by atoms with van der Waals surface area (Å²) in [7, 11) is -3.30. The highest BCUT2D eigenvalue weighted by atomic mass is 32.2. The zero-order chi connectivity index (χ0) is 30.1. The van der Waals surface area contributed by atoms with E-state index in [2.05, 4.69) is 73.1 Å². The minimum atomic E-state index is -3.30. The first kappa shape index (κ1) is 29.6. The molecule has 1 fully saturated rings. The molecule has 6 rings (SSSR count). The Bertz CT molecular complexity index is 1650. The zero-order valence-corrected chi connectivity index (χ0v) is 26.4. The molecular formula is C37H42N2O3S. The third kappa shape index (κ3) is 7.19. The molecule has 1 aromatic heterocycles. The molecule has 0 aliphatic carbocycles. The molecule has 0 saturated carbocycles. The second-order valence-electron chi connectivity index (χ2n) is 13.4. The maximum Gasteiger partial charge on any atom is 0.160 e. The number of benzene rings is 3. The molecule has 0 N–H and O–H groups in total. The lowest BCUT2D eigenvalue weighted by Gasteiger charge is -2.44. The average Bonchev–Trinajstić information content (AvgIpc) is 2.98. The summed E-state index contributed by atoms with van der Waals surface area (Å²) in [4.78, 5) is 6.72. The number of hydrogen-bond donors (Lipinski definition) is 0. The highest BCUT2D eigenvalue weighted by molar-refractivity contribution is 7.89. The smallest absolute Gasteiger partial charge is 0.160 e. The quantitative estimate of drug-likeness (QED) is 0.222. The van der Waals surface area contributed by atoms with Crippen molar-refractivity contribution in [1.29, 1.82) is 0 Å². The molecule has 2 aliphatic rings. The van der Waals surface area contributed by atoms with Crippen molar-refractivity contribution < 1.29 is 13.2 Å². The van der Waals surface area contributed by atoms with Crippen LogP contribution in [0.3, 0.4) is 0 Å². The number of nitrogens with zero attached hydrogens (tertiary/aromatic N) is 2. The molecule has 1 spiro atoms. The van der Waals surface area contributed by atoms with Crippen LogP contribution in [-0.2, 0) is 39.7 Å². The summed E-state index contributed by atoms with van der Waals surface area (Å²) < 4.78 is 32.1. The molecule has 43 heavy (non-hydrogen) atoms. The molecule has 2 aliphatic heterocycles. The second kappa shape index (κ2) is 11.9. The molecule has 3 aromatic carbocycles. The number of rotatable bonds is 7. The molecule has 4 aromatic rings. The Morgan fingerprint density at radius 2 is 1.51 bits per heavy atom. The number of aryl methyl sites for hydroxylation is 1. The van der Waals surface area contributed by atoms with Crippen LogP contribution in [0.5, 0.6) is 5.75 Å². The highest BCUT2D eigenvalue weighted by Crippen LogP contribution is 2.41. The van der Waals surface area contributed by atoms with Crippen LogP contribution in [0.2, 0.25) is 0 Å². The number of pyridine rings is 1. The molecule has 6 heteroatoms. The van der Waals surface area contributed by atoms with Crippen LogP contribution >= 0.6 is 0 Å². The standard InChI is InChI=1S/C37H42N2O3S/c1-36(2,3)33-14-9-28(10-15-33)25-39-22-19-37(20-23-39)18-17-32-24-31(13-16-35(32)42-37)30-11-7-29(8-12-30)26-43(40,41)27-34-6-4-5-21-38-34/h4-16,21,24H,17-20,22-23,25-27H2,1-3H3. The van der Waals surface area contributed by atoms with E-state index < -0.39 is 9.84 Å². The summed E-state index contributed by atoms with van der Waals surface area (Å²) in [5, 5.41) is 0. The average molecular weight is 595 g/mol. The Morgan fingerprint density at radius 3 is 2.19 bits per heavy atom. The SMILES string of the molecule is CC(C)(C)c1ccc(CN2CCC3(CCc4cc(-c5ccc(CS(=O)(=O)Cc6ccccn6)cc5)ccc4O3)CC2)cc1. The Morgan fingerprint density at radius 1 is 0.814 bits per heavy atom. The first-order chi connectivity index (χ1) is 20.6. The summed E-state index contributed by atoms with van der Waals surface area (Å²) in [6, 6.07) is 28.9. The van der Waals surface area contributed by atoms with Crippen LogP contribution in [-0.4, -0.2) is 37.0 Å². The van der Waals surface area contributed by atoms with E-state index in [9.17, 15) is 8.42 Å². The van der Waals surface area contributed by atoms with Crippen LogP contribution in [0.1, 0.15) is 68.0 Å². The molecular weight excluding hydrogens is 552 g/mol. The van der Waals surface area contributed by atoms with E-state index in [0.29, 0.717) is 5.69 Å². The predicted octanol–water partition coefficient (Wildman–Crippen LogP) is 7.52. The summed E-state index contributed by atoms with van der Waals surface area (Å²) in [6.45, 7) is 9.88. The number of fused-ring (bicyclic) bond motifs is 1. The van der Waals surface area contributed by atoms with Gasteiger partial charge in [-0.15, -0.1) is 0 Å². The Balaban J connectivity index is 1.05. The molecule has 0 atom stereocenters. The van der Waals surface area contributed by atoms with Crippen molar-refractivity contribution >= 4 is 9.84 Å². The van der Waals surface area contributed by atoms with E-state index >= 15 is 0 Å². The minimum absolute atomic E-state index is 0.00484. The molecule has 0 unspecified atom stereocenters. The van der Waals surface area contributed by atoms with Gasteiger partial charge in [0, 0.05) is 25.8 Å². The largest absolute Gasteiger partial charge is 0.487 e. The van der Waals surface area contributed by atoms with Crippen molar-refractivity contribution in [1.82, 2.24) is 9.88 Å². The Labute approximate surface area is 256 Å². The van der Waals surface area contributed by atoms with Crippen molar-refractivity contribution in [3.05, 3.63) is 119 Å². The van der Waals surface area contributed by atoms with Crippen LogP contribution < -0.4 is 4.74 Å². The van der Waals surface area contributed by atoms with E-state index in [-0.39, 0.29) is 22.5 Å². The first-order valence-corrected chi connectivity index (χ1v) is 17.2. The van der Waals surface area contributed by atoms with Crippen LogP contribution in [0, 0.1) is 0 Å². The fourth-order valence-corrected chi connectivity index (χ4v) is 7.77. The molecule has 3 heterocycles. The summed E-state index contributed by atoms with van der Waals surface area (Å²) in [6.07, 6.45) is 5.80. The predicted molar refractivity (Wildman–Crippen MR) is 174 cm³/mol. The molecule has 0 amide bonds. The highest BCUT2D eigenvalue weighted by Gasteiger charge is 2.39. The number of likely N-dealkylation sites (tertiary alicyclic amines) is 1. The lowest BCUT2D eigenvalue weighted by molar-refractivity contribution is -0.0163. The number of aromatic nitrogens is 1. The summed E-state index contributed by atoms with van der Waals surface area (Å²) in [5.41, 5.74) is 7.71. The number of ether oxygens (including phenoxy) is 1. The van der Waals surface area contributed by atoms with E-state index in [1.165, 1.54) is 16.7 Å². The normalized spacial score (nSPS) is 16.9. The van der Waals surface area contributed by atoms with Gasteiger partial charge in [-0.1, -0.05) is 81.4 Å². The first-order valence-electron chi connectivity index (χ1n) is 15.4. The summed E-state index contributed by atoms with van der Waals surface area (Å²) in [5.74, 6) is 0.967. The third-order valence-electron chi connectivity index (χ3n) is 9.00. The fraction of sp³-hybridized carbons (Fsp3) is 0.378. The van der Waals surface area contributed by atoms with Crippen molar-refractivity contribution in [3.8, 4) is 16.9 Å². The van der Waals surface area contributed by atoms with Crippen LogP contribution in [0.4, 0.5) is 0 Å². The number of hydrogen-bond acceptors (Lipinski definition) is 5. The van der Waals surface area contributed by atoms with Gasteiger partial charge in [-0.2, -0.15) is 0 Å². The van der Waals surface area contributed by atoms with Gasteiger partial charge in [-0.05, 0) is 88.7 Å². The van der Waals surface area contributed by atoms with Crippen molar-refractivity contribution in [2.75, 3.05) is 13.1 Å². The van der Waals surface area contributed by atoms with Gasteiger partial charge in [-0.3, -0.25) is 9.88 Å². The molecule has 5 nitrogen and oxygen atoms in total. The molecule has 0 radical (unpaired) electrons. The van der Waals surface area contributed by atoms with Gasteiger partial charge in [-0.25, -0.2) is 8.42 Å². The maximum atomic E-state index is 12.7. The van der Waals surface area contributed by atoms with Gasteiger partial charge in [0.05, 0.1) is 17.2 Å². The van der Waals surface area contributed by atoms with E-state index in [1.54, 1.807) is 18.3 Å². The van der Waals surface area contributed by atoms with Gasteiger partial charge in [0.25, 0.3) is 0 Å². The van der Waals surface area contributed by atoms with Crippen LogP contribution in [0.25, 0.3) is 11.1 Å². The van der Waals surface area contributed by atoms with Crippen molar-refractivity contribution in [2.45, 2.75) is 75.5 Å². The van der Waals surface area contributed by atoms with Gasteiger partial charge < -0.3 is 4.74 Å². The van der Waals surface area contributed by atoms with E-state index in [0.717, 1.165) is 67.8 Å². The van der Waals surface area contributed by atoms with Crippen LogP contribution in [0.15, 0.2) is 91.1 Å². The van der Waals surface area contributed by atoms with Crippen molar-refractivity contribution in [3.63, 3.8) is 0 Å². The third-order valence-corrected chi connectivity index (χ3v) is 10.5. The number of sulfone groups is 1. The van der Waals surface area contributed by atoms with Gasteiger partial charge in [0.1, 0.15) is 11.4 Å². The Kier molecular flexibility index (Phi) is 8.18. The number of piperidine rings is 1. The van der Waals surface area contributed by atoms with Gasteiger partial charge >= 0.3 is 0 Å². The lowest BCUT2D eigenvalue weighted by Crippen LogP contribution is -2.49.